The molecule has 0 unspecified atom stereocenters. The van der Waals surface area contributed by atoms with E-state index in [1.807, 2.05) is 0 Å². The minimum atomic E-state index is -1.03. The van der Waals surface area contributed by atoms with E-state index in [1.165, 1.54) is 0 Å². The van der Waals surface area contributed by atoms with Gasteiger partial charge in [-0.2, -0.15) is 0 Å². The normalized spacial score (nSPS) is 8.73. The second-order valence-electron chi connectivity index (χ2n) is 1.72. The van der Waals surface area contributed by atoms with E-state index in [0.29, 0.717) is 6.42 Å². The largest absolute Gasteiger partial charge is 0.190 e. The molecule has 0 aliphatic carbocycles. The Kier molecular flexibility index (Phi) is 24.5. The summed E-state index contributed by atoms with van der Waals surface area (Å²) in [5.74, 6) is 0. The zero-order valence-electron chi connectivity index (χ0n) is 5.98. The third-order valence-corrected chi connectivity index (χ3v) is 1.38. The minimum Gasteiger partial charge on any atom is -0.147 e. The second-order valence-corrected chi connectivity index (χ2v) is 4.23. The summed E-state index contributed by atoms with van der Waals surface area (Å²) in [6.45, 7) is 2.07. The third-order valence-electron chi connectivity index (χ3n) is 0.814. The van der Waals surface area contributed by atoms with Gasteiger partial charge in [-0.15, -0.1) is 37.2 Å². The standard InChI is InChI=1S/C5H9Cl3.3ClH/c1-2-3-4-5(6,7)8;;;/h2-4H2,1H3;3*1H. The summed E-state index contributed by atoms with van der Waals surface area (Å²) >= 11 is 16.3. The number of rotatable bonds is 2. The van der Waals surface area contributed by atoms with E-state index >= 15 is 0 Å². The van der Waals surface area contributed by atoms with Crippen LogP contribution in [0, 0.1) is 0 Å². The maximum Gasteiger partial charge on any atom is 0.190 e. The number of hydrogen-bond acceptors (Lipinski definition) is 0. The Morgan fingerprint density at radius 2 is 1.36 bits per heavy atom. The quantitative estimate of drug-likeness (QED) is 0.638. The summed E-state index contributed by atoms with van der Waals surface area (Å²) in [6.07, 6.45) is 2.72. The first-order valence-corrected chi connectivity index (χ1v) is 3.76. The molecule has 74 valence electrons. The summed E-state index contributed by atoms with van der Waals surface area (Å²) < 4.78 is -1.03. The molecule has 0 saturated carbocycles. The zero-order chi connectivity index (χ0) is 6.62. The summed E-state index contributed by atoms with van der Waals surface area (Å²) in [6, 6.07) is 0. The highest BCUT2D eigenvalue weighted by molar-refractivity contribution is 6.67. The van der Waals surface area contributed by atoms with Gasteiger partial charge >= 0.3 is 0 Å². The SMILES string of the molecule is CCCCC(Cl)(Cl)Cl.Cl.Cl.Cl. The fourth-order valence-electron chi connectivity index (χ4n) is 0.377. The van der Waals surface area contributed by atoms with Crippen LogP contribution in [0.1, 0.15) is 26.2 Å². The molecule has 6 heteroatoms. The van der Waals surface area contributed by atoms with E-state index in [4.69, 9.17) is 34.8 Å². The molecule has 0 aromatic rings. The first kappa shape index (κ1) is 23.0. The highest BCUT2D eigenvalue weighted by atomic mass is 35.6. The smallest absolute Gasteiger partial charge is 0.147 e. The molecular formula is C5H12Cl6. The van der Waals surface area contributed by atoms with Crippen molar-refractivity contribution in [2.45, 2.75) is 30.0 Å². The van der Waals surface area contributed by atoms with Crippen LogP contribution in [0.2, 0.25) is 0 Å². The Morgan fingerprint density at radius 1 is 1.00 bits per heavy atom. The van der Waals surface area contributed by atoms with Gasteiger partial charge in [0.05, 0.1) is 0 Å². The Bertz CT molecular complexity index is 58.5. The van der Waals surface area contributed by atoms with Gasteiger partial charge in [0.1, 0.15) is 0 Å². The Balaban J connectivity index is -0.0000000817. The van der Waals surface area contributed by atoms with Gasteiger partial charge in [-0.25, -0.2) is 0 Å². The van der Waals surface area contributed by atoms with Gasteiger partial charge in [0.2, 0.25) is 0 Å². The van der Waals surface area contributed by atoms with Crippen molar-refractivity contribution in [1.29, 1.82) is 0 Å². The van der Waals surface area contributed by atoms with Crippen molar-refractivity contribution < 1.29 is 0 Å². The number of hydrogen-bond donors (Lipinski definition) is 0. The van der Waals surface area contributed by atoms with Gasteiger partial charge in [-0.1, -0.05) is 48.1 Å². The molecule has 0 atom stereocenters. The molecular weight excluding hydrogens is 273 g/mol. The number of alkyl halides is 3. The summed E-state index contributed by atoms with van der Waals surface area (Å²) in [5, 5.41) is 0. The van der Waals surface area contributed by atoms with Crippen LogP contribution in [-0.4, -0.2) is 3.79 Å². The van der Waals surface area contributed by atoms with Gasteiger partial charge in [0, 0.05) is 0 Å². The van der Waals surface area contributed by atoms with Crippen molar-refractivity contribution >= 4 is 72.0 Å². The molecule has 0 aromatic heterocycles. The van der Waals surface area contributed by atoms with Crippen LogP contribution in [0.25, 0.3) is 0 Å². The Hall–Kier alpha value is 1.74. The second kappa shape index (κ2) is 11.7. The lowest BCUT2D eigenvalue weighted by Gasteiger charge is -2.07. The van der Waals surface area contributed by atoms with Crippen LogP contribution < -0.4 is 0 Å². The first-order chi connectivity index (χ1) is 3.56. The van der Waals surface area contributed by atoms with E-state index < -0.39 is 3.79 Å². The first-order valence-electron chi connectivity index (χ1n) is 2.63. The third kappa shape index (κ3) is 24.5. The highest BCUT2D eigenvalue weighted by Crippen LogP contribution is 2.31. The molecule has 11 heavy (non-hydrogen) atoms. The van der Waals surface area contributed by atoms with Crippen molar-refractivity contribution in [3.8, 4) is 0 Å². The zero-order valence-corrected chi connectivity index (χ0v) is 10.7. The molecule has 0 radical (unpaired) electrons. The maximum atomic E-state index is 5.44. The van der Waals surface area contributed by atoms with Gasteiger partial charge in [0.25, 0.3) is 0 Å². The molecule has 0 nitrogen and oxygen atoms in total. The molecule has 0 fully saturated rings. The summed E-state index contributed by atoms with van der Waals surface area (Å²) in [7, 11) is 0. The van der Waals surface area contributed by atoms with Crippen LogP contribution in [-0.2, 0) is 0 Å². The Morgan fingerprint density at radius 3 is 1.45 bits per heavy atom. The van der Waals surface area contributed by atoms with Crippen molar-refractivity contribution in [3.63, 3.8) is 0 Å². The molecule has 0 amide bonds. The molecule has 0 aromatic carbocycles. The van der Waals surface area contributed by atoms with E-state index in [-0.39, 0.29) is 37.2 Å². The fraction of sp³-hybridized carbons (Fsp3) is 1.00. The van der Waals surface area contributed by atoms with Crippen molar-refractivity contribution in [3.05, 3.63) is 0 Å². The lowest BCUT2D eigenvalue weighted by molar-refractivity contribution is 0.733. The topological polar surface area (TPSA) is 0 Å². The summed E-state index contributed by atoms with van der Waals surface area (Å²) in [5.41, 5.74) is 0. The minimum absolute atomic E-state index is 0. The van der Waals surface area contributed by atoms with Crippen molar-refractivity contribution in [1.82, 2.24) is 0 Å². The van der Waals surface area contributed by atoms with E-state index in [9.17, 15) is 0 Å². The molecule has 0 aliphatic heterocycles. The highest BCUT2D eigenvalue weighted by Gasteiger charge is 2.17. The van der Waals surface area contributed by atoms with Crippen molar-refractivity contribution in [2.24, 2.45) is 0 Å². The van der Waals surface area contributed by atoms with Crippen LogP contribution in [0.5, 0.6) is 0 Å². The van der Waals surface area contributed by atoms with Crippen LogP contribution >= 0.6 is 72.0 Å². The average molecular weight is 285 g/mol. The van der Waals surface area contributed by atoms with Crippen LogP contribution in [0.3, 0.4) is 0 Å². The molecule has 0 N–H and O–H groups in total. The average Bonchev–Trinajstić information content (AvgIpc) is 1.59. The van der Waals surface area contributed by atoms with E-state index in [0.717, 1.165) is 12.8 Å². The van der Waals surface area contributed by atoms with Gasteiger partial charge in [-0.3, -0.25) is 0 Å². The van der Waals surface area contributed by atoms with E-state index in [2.05, 4.69) is 6.92 Å². The summed E-state index contributed by atoms with van der Waals surface area (Å²) in [4.78, 5) is 0. The van der Waals surface area contributed by atoms with Crippen molar-refractivity contribution in [2.75, 3.05) is 0 Å². The molecule has 0 saturated heterocycles. The monoisotopic (exact) mass is 282 g/mol. The van der Waals surface area contributed by atoms with Crippen LogP contribution in [0.15, 0.2) is 0 Å². The molecule has 0 bridgehead atoms. The molecule has 0 rings (SSSR count). The van der Waals surface area contributed by atoms with Gasteiger partial charge in [0.15, 0.2) is 3.79 Å². The lowest BCUT2D eigenvalue weighted by atomic mass is 10.3. The number of unbranched alkanes of at least 4 members (excludes halogenated alkanes) is 1. The predicted octanol–water partition coefficient (Wildman–Crippen LogP) is 4.81. The fourth-order valence-corrected chi connectivity index (χ4v) is 0.778. The van der Waals surface area contributed by atoms with Gasteiger partial charge in [-0.05, 0) is 12.8 Å². The Labute approximate surface area is 102 Å². The predicted molar refractivity (Wildman–Crippen MR) is 61.6 cm³/mol. The van der Waals surface area contributed by atoms with Gasteiger partial charge < -0.3 is 0 Å². The van der Waals surface area contributed by atoms with E-state index in [1.54, 1.807) is 0 Å². The van der Waals surface area contributed by atoms with Crippen LogP contribution in [0.4, 0.5) is 0 Å². The molecule has 0 spiro atoms. The molecule has 0 heterocycles. The molecule has 0 aliphatic rings. The lowest BCUT2D eigenvalue weighted by Crippen LogP contribution is -1.99. The number of halogens is 6. The maximum absolute atomic E-state index is 5.44.